The number of rotatable bonds is 6. The van der Waals surface area contributed by atoms with Crippen LogP contribution in [0.15, 0.2) is 6.20 Å². The molecule has 0 aromatic carbocycles. The van der Waals surface area contributed by atoms with Crippen LogP contribution in [0.25, 0.3) is 0 Å². The third-order valence-corrected chi connectivity index (χ3v) is 3.96. The molecule has 1 fully saturated rings. The van der Waals surface area contributed by atoms with Crippen LogP contribution >= 0.6 is 0 Å². The summed E-state index contributed by atoms with van der Waals surface area (Å²) in [5.74, 6) is -1.16. The van der Waals surface area contributed by atoms with Gasteiger partial charge in [-0.05, 0) is 25.7 Å². The van der Waals surface area contributed by atoms with Gasteiger partial charge in [-0.25, -0.2) is 0 Å². The molecule has 1 atom stereocenters. The molecule has 2 N–H and O–H groups in total. The lowest BCUT2D eigenvalue weighted by Crippen LogP contribution is -2.29. The van der Waals surface area contributed by atoms with Gasteiger partial charge >= 0.3 is 5.97 Å². The van der Waals surface area contributed by atoms with Gasteiger partial charge in [0, 0.05) is 31.9 Å². The Bertz CT molecular complexity index is 535. The van der Waals surface area contributed by atoms with Crippen LogP contribution in [0.3, 0.4) is 0 Å². The Balaban J connectivity index is 1.95. The molecule has 0 bridgehead atoms. The summed E-state index contributed by atoms with van der Waals surface area (Å²) in [5, 5.41) is 15.8. The average molecular weight is 309 g/mol. The van der Waals surface area contributed by atoms with Gasteiger partial charge in [-0.15, -0.1) is 0 Å². The molecule has 0 saturated carbocycles. The molecule has 2 rings (SSSR count). The zero-order chi connectivity index (χ0) is 16.1. The fraction of sp³-hybridized carbons (Fsp3) is 0.667. The van der Waals surface area contributed by atoms with Crippen molar-refractivity contribution in [3.05, 3.63) is 17.5 Å². The van der Waals surface area contributed by atoms with Crippen molar-refractivity contribution in [2.24, 2.45) is 5.92 Å². The molecular weight excluding hydrogens is 286 g/mol. The molecule has 1 saturated heterocycles. The van der Waals surface area contributed by atoms with Crippen LogP contribution in [-0.4, -0.2) is 46.5 Å². The Morgan fingerprint density at radius 1 is 1.50 bits per heavy atom. The van der Waals surface area contributed by atoms with Gasteiger partial charge in [0.25, 0.3) is 5.91 Å². The molecule has 0 aliphatic carbocycles. The predicted molar refractivity (Wildman–Crippen MR) is 79.8 cm³/mol. The minimum absolute atomic E-state index is 0.0423. The molecule has 1 aliphatic rings. The van der Waals surface area contributed by atoms with Crippen molar-refractivity contribution >= 4 is 11.9 Å². The second-order valence-corrected chi connectivity index (χ2v) is 5.84. The van der Waals surface area contributed by atoms with E-state index in [2.05, 4.69) is 10.4 Å². The fourth-order valence-electron chi connectivity index (χ4n) is 2.68. The zero-order valence-corrected chi connectivity index (χ0v) is 13.0. The Hall–Kier alpha value is -1.89. The quantitative estimate of drug-likeness (QED) is 0.828. The molecule has 0 radical (unpaired) electrons. The zero-order valence-electron chi connectivity index (χ0n) is 13.0. The topological polar surface area (TPSA) is 93.5 Å². The lowest BCUT2D eigenvalue weighted by atomic mass is 10.1. The highest BCUT2D eigenvalue weighted by Gasteiger charge is 2.22. The number of carboxylic acids is 1. The number of nitrogens with one attached hydrogen (secondary N) is 1. The Labute approximate surface area is 129 Å². The Kier molecular flexibility index (Phi) is 5.54. The van der Waals surface area contributed by atoms with Crippen molar-refractivity contribution in [3.63, 3.8) is 0 Å². The van der Waals surface area contributed by atoms with Gasteiger partial charge < -0.3 is 15.2 Å². The van der Waals surface area contributed by atoms with Gasteiger partial charge in [-0.2, -0.15) is 5.10 Å². The van der Waals surface area contributed by atoms with E-state index in [0.29, 0.717) is 12.1 Å². The van der Waals surface area contributed by atoms with Gasteiger partial charge in [0.2, 0.25) is 0 Å². The number of hydrogen-bond donors (Lipinski definition) is 2. The second kappa shape index (κ2) is 7.40. The van der Waals surface area contributed by atoms with E-state index in [1.165, 1.54) is 0 Å². The maximum atomic E-state index is 12.2. The van der Waals surface area contributed by atoms with Gasteiger partial charge in [0.15, 0.2) is 0 Å². The Morgan fingerprint density at radius 3 is 2.82 bits per heavy atom. The summed E-state index contributed by atoms with van der Waals surface area (Å²) in [6.45, 7) is 5.47. The Morgan fingerprint density at radius 2 is 2.18 bits per heavy atom. The highest BCUT2D eigenvalue weighted by Crippen LogP contribution is 2.23. The molecule has 2 heterocycles. The minimum atomic E-state index is -0.856. The number of ether oxygens (including phenoxy) is 1. The first-order valence-corrected chi connectivity index (χ1v) is 7.61. The minimum Gasteiger partial charge on any atom is -0.481 e. The lowest BCUT2D eigenvalue weighted by molar-refractivity contribution is -0.137. The summed E-state index contributed by atoms with van der Waals surface area (Å²) >= 11 is 0. The number of nitrogens with zero attached hydrogens (tertiary/aromatic N) is 2. The monoisotopic (exact) mass is 309 g/mol. The van der Waals surface area contributed by atoms with E-state index in [1.807, 2.05) is 11.6 Å². The summed E-state index contributed by atoms with van der Waals surface area (Å²) in [6.07, 6.45) is 3.43. The largest absolute Gasteiger partial charge is 0.481 e. The van der Waals surface area contributed by atoms with Crippen molar-refractivity contribution in [2.75, 3.05) is 19.8 Å². The van der Waals surface area contributed by atoms with Gasteiger partial charge in [0.1, 0.15) is 0 Å². The number of aromatic nitrogens is 2. The number of carbonyl (C=O) groups excluding carboxylic acids is 1. The van der Waals surface area contributed by atoms with Crippen LogP contribution in [0.1, 0.15) is 48.3 Å². The summed E-state index contributed by atoms with van der Waals surface area (Å²) in [6, 6.07) is 0.279. The van der Waals surface area contributed by atoms with E-state index < -0.39 is 5.97 Å². The molecule has 1 aliphatic heterocycles. The summed E-state index contributed by atoms with van der Waals surface area (Å²) in [4.78, 5) is 22.8. The molecule has 1 aromatic rings. The van der Waals surface area contributed by atoms with Gasteiger partial charge in [0.05, 0.1) is 17.8 Å². The molecule has 7 heteroatoms. The van der Waals surface area contributed by atoms with Crippen molar-refractivity contribution in [1.29, 1.82) is 0 Å². The standard InChI is InChI=1S/C15H23N3O4/c1-10(7-14(19)20)8-16-15(21)13-9-17-18(11(13)2)12-3-5-22-6-4-12/h9-10,12H,3-8H2,1-2H3,(H,16,21)(H,19,20). The third kappa shape index (κ3) is 4.07. The molecular formula is C15H23N3O4. The van der Waals surface area contributed by atoms with Crippen LogP contribution in [0, 0.1) is 12.8 Å². The highest BCUT2D eigenvalue weighted by molar-refractivity contribution is 5.95. The van der Waals surface area contributed by atoms with Crippen molar-refractivity contribution in [1.82, 2.24) is 15.1 Å². The van der Waals surface area contributed by atoms with E-state index in [1.54, 1.807) is 13.1 Å². The highest BCUT2D eigenvalue weighted by atomic mass is 16.5. The van der Waals surface area contributed by atoms with E-state index in [-0.39, 0.29) is 24.3 Å². The number of hydrogen-bond acceptors (Lipinski definition) is 4. The average Bonchev–Trinajstić information content (AvgIpc) is 2.87. The summed E-state index contributed by atoms with van der Waals surface area (Å²) in [5.41, 5.74) is 1.39. The molecule has 122 valence electrons. The van der Waals surface area contributed by atoms with Crippen LogP contribution < -0.4 is 5.32 Å². The normalized spacial score (nSPS) is 17.2. The molecule has 0 spiro atoms. The lowest BCUT2D eigenvalue weighted by Gasteiger charge is -2.23. The summed E-state index contributed by atoms with van der Waals surface area (Å²) in [7, 11) is 0. The molecule has 1 unspecified atom stereocenters. The number of carbonyl (C=O) groups is 2. The van der Waals surface area contributed by atoms with Crippen LogP contribution in [0.5, 0.6) is 0 Å². The smallest absolute Gasteiger partial charge is 0.303 e. The first kappa shape index (κ1) is 16.5. The maximum Gasteiger partial charge on any atom is 0.303 e. The number of carboxylic acid groups (broad SMARTS) is 1. The van der Waals surface area contributed by atoms with Crippen LogP contribution in [0.4, 0.5) is 0 Å². The number of aliphatic carboxylic acids is 1. The van der Waals surface area contributed by atoms with E-state index in [9.17, 15) is 9.59 Å². The van der Waals surface area contributed by atoms with Gasteiger partial charge in [-0.1, -0.05) is 6.92 Å². The molecule has 1 aromatic heterocycles. The fourth-order valence-corrected chi connectivity index (χ4v) is 2.68. The van der Waals surface area contributed by atoms with Crippen molar-refractivity contribution in [3.8, 4) is 0 Å². The van der Waals surface area contributed by atoms with Crippen LogP contribution in [-0.2, 0) is 9.53 Å². The molecule has 7 nitrogen and oxygen atoms in total. The summed E-state index contributed by atoms with van der Waals surface area (Å²) < 4.78 is 7.24. The third-order valence-electron chi connectivity index (χ3n) is 3.96. The number of amides is 1. The molecule has 22 heavy (non-hydrogen) atoms. The van der Waals surface area contributed by atoms with E-state index >= 15 is 0 Å². The first-order valence-electron chi connectivity index (χ1n) is 7.61. The van der Waals surface area contributed by atoms with Crippen LogP contribution in [0.2, 0.25) is 0 Å². The van der Waals surface area contributed by atoms with E-state index in [4.69, 9.17) is 9.84 Å². The van der Waals surface area contributed by atoms with Gasteiger partial charge in [-0.3, -0.25) is 14.3 Å². The van der Waals surface area contributed by atoms with E-state index in [0.717, 1.165) is 31.7 Å². The van der Waals surface area contributed by atoms with Crippen molar-refractivity contribution < 1.29 is 19.4 Å². The maximum absolute atomic E-state index is 12.2. The first-order chi connectivity index (χ1) is 10.5. The van der Waals surface area contributed by atoms with Crippen molar-refractivity contribution in [2.45, 2.75) is 39.2 Å². The predicted octanol–water partition coefficient (Wildman–Crippen LogP) is 1.38. The molecule has 1 amide bonds. The SMILES string of the molecule is Cc1c(C(=O)NCC(C)CC(=O)O)cnn1C1CCOCC1. The second-order valence-electron chi connectivity index (χ2n) is 5.84.